The molecule has 7 rings (SSSR count). The average molecular weight is 679 g/mol. The van der Waals surface area contributed by atoms with Crippen LogP contribution < -0.4 is 4.74 Å². The lowest BCUT2D eigenvalue weighted by Crippen LogP contribution is -2.11. The van der Waals surface area contributed by atoms with Crippen LogP contribution in [0.25, 0.3) is 32.8 Å². The predicted molar refractivity (Wildman–Crippen MR) is 183 cm³/mol. The third-order valence-corrected chi connectivity index (χ3v) is 10.7. The first-order valence-corrected chi connectivity index (χ1v) is 17.3. The second-order valence-electron chi connectivity index (χ2n) is 11.0. The number of ether oxygens (including phenoxy) is 1. The Labute approximate surface area is 278 Å². The minimum absolute atomic E-state index is 0.0342. The fourth-order valence-corrected chi connectivity index (χ4v) is 8.45. The Kier molecular flexibility index (Phi) is 8.24. The number of aromatic carboxylic acids is 1. The van der Waals surface area contributed by atoms with Crippen molar-refractivity contribution in [2.75, 3.05) is 6.61 Å². The smallest absolute Gasteiger partial charge is 0.354 e. The van der Waals surface area contributed by atoms with E-state index in [2.05, 4.69) is 30.3 Å². The van der Waals surface area contributed by atoms with Gasteiger partial charge in [0, 0.05) is 81.6 Å². The van der Waals surface area contributed by atoms with Crippen molar-refractivity contribution in [3.8, 4) is 16.9 Å². The van der Waals surface area contributed by atoms with Crippen LogP contribution in [0.2, 0.25) is 10.0 Å². The Morgan fingerprint density at radius 2 is 1.87 bits per heavy atom. The van der Waals surface area contributed by atoms with Crippen LogP contribution in [0.1, 0.15) is 34.0 Å². The lowest BCUT2D eigenvalue weighted by molar-refractivity contribution is 0.0685. The minimum Gasteiger partial charge on any atom is -0.493 e. The maximum absolute atomic E-state index is 12.6. The lowest BCUT2D eigenvalue weighted by atomic mass is 10.0. The second-order valence-corrected chi connectivity index (χ2v) is 13.8. The maximum atomic E-state index is 12.6. The molecule has 6 aromatic rings. The summed E-state index contributed by atoms with van der Waals surface area (Å²) in [6.45, 7) is 0.792. The summed E-state index contributed by atoms with van der Waals surface area (Å²) >= 11 is 17.2. The summed E-state index contributed by atoms with van der Waals surface area (Å²) < 4.78 is 11.8. The first-order chi connectivity index (χ1) is 21.8. The van der Waals surface area contributed by atoms with Gasteiger partial charge in [-0.3, -0.25) is 9.36 Å². The van der Waals surface area contributed by atoms with E-state index < -0.39 is 5.97 Å². The quantitative estimate of drug-likeness (QED) is 0.187. The van der Waals surface area contributed by atoms with Gasteiger partial charge in [-0.25, -0.2) is 4.79 Å². The zero-order valence-electron chi connectivity index (χ0n) is 24.6. The van der Waals surface area contributed by atoms with Gasteiger partial charge in [-0.15, -0.1) is 23.5 Å². The summed E-state index contributed by atoms with van der Waals surface area (Å²) in [5, 5.41) is 23.2. The third kappa shape index (κ3) is 5.69. The van der Waals surface area contributed by atoms with Crippen LogP contribution in [0.3, 0.4) is 0 Å². The van der Waals surface area contributed by atoms with Crippen LogP contribution in [-0.4, -0.2) is 41.8 Å². The fraction of sp³-hybridized carbons (Fsp3) is 0.242. The largest absolute Gasteiger partial charge is 0.493 e. The lowest BCUT2D eigenvalue weighted by Gasteiger charge is -2.14. The Morgan fingerprint density at radius 1 is 1.02 bits per heavy atom. The molecule has 0 radical (unpaired) electrons. The van der Waals surface area contributed by atoms with E-state index in [1.54, 1.807) is 38.8 Å². The van der Waals surface area contributed by atoms with E-state index in [9.17, 15) is 9.90 Å². The zero-order chi connectivity index (χ0) is 31.2. The van der Waals surface area contributed by atoms with Gasteiger partial charge >= 0.3 is 5.97 Å². The molecule has 3 aromatic heterocycles. The molecule has 1 aliphatic rings. The molecule has 8 nitrogen and oxygen atoms in total. The van der Waals surface area contributed by atoms with Crippen molar-refractivity contribution in [3.05, 3.63) is 93.6 Å². The number of halogens is 2. The van der Waals surface area contributed by atoms with Gasteiger partial charge in [-0.1, -0.05) is 47.5 Å². The molecular weight excluding hydrogens is 649 g/mol. The van der Waals surface area contributed by atoms with E-state index in [-0.39, 0.29) is 10.7 Å². The monoisotopic (exact) mass is 677 g/mol. The van der Waals surface area contributed by atoms with Gasteiger partial charge < -0.3 is 14.4 Å². The number of nitrogens with zero attached hydrogens (tertiary/aromatic N) is 5. The number of fused-ring (bicyclic) bond motifs is 8. The number of hydrogen-bond acceptors (Lipinski definition) is 6. The highest BCUT2D eigenvalue weighted by atomic mass is 35.5. The van der Waals surface area contributed by atoms with Gasteiger partial charge in [0.2, 0.25) is 0 Å². The average Bonchev–Trinajstić information content (AvgIpc) is 3.65. The molecule has 0 amide bonds. The van der Waals surface area contributed by atoms with Crippen molar-refractivity contribution >= 4 is 74.4 Å². The Morgan fingerprint density at radius 3 is 2.71 bits per heavy atom. The zero-order valence-corrected chi connectivity index (χ0v) is 27.7. The Balaban J connectivity index is 1.34. The van der Waals surface area contributed by atoms with Crippen LogP contribution in [0.4, 0.5) is 0 Å². The van der Waals surface area contributed by atoms with Crippen molar-refractivity contribution in [2.45, 2.75) is 35.1 Å². The molecule has 1 N–H and O–H groups in total. The number of aromatic nitrogens is 5. The number of hydrogen-bond donors (Lipinski definition) is 1. The fourth-order valence-electron chi connectivity index (χ4n) is 5.97. The topological polar surface area (TPSA) is 87.1 Å². The summed E-state index contributed by atoms with van der Waals surface area (Å²) in [4.78, 5) is 13.7. The van der Waals surface area contributed by atoms with Crippen molar-refractivity contribution in [1.82, 2.24) is 24.1 Å². The highest BCUT2D eigenvalue weighted by molar-refractivity contribution is 7.98. The number of benzene rings is 3. The van der Waals surface area contributed by atoms with Crippen LogP contribution in [-0.2, 0) is 37.9 Å². The van der Waals surface area contributed by atoms with Crippen molar-refractivity contribution in [3.63, 3.8) is 0 Å². The summed E-state index contributed by atoms with van der Waals surface area (Å²) in [5.74, 6) is 1.80. The third-order valence-electron chi connectivity index (χ3n) is 7.98. The Bertz CT molecular complexity index is 2100. The number of aryl methyl sites for hydroxylation is 3. The molecule has 1 aliphatic heterocycles. The van der Waals surface area contributed by atoms with Gasteiger partial charge in [0.1, 0.15) is 11.4 Å². The second kappa shape index (κ2) is 12.3. The maximum Gasteiger partial charge on any atom is 0.354 e. The first-order valence-electron chi connectivity index (χ1n) is 14.4. The molecule has 230 valence electrons. The van der Waals surface area contributed by atoms with Crippen molar-refractivity contribution in [2.24, 2.45) is 14.1 Å². The number of rotatable bonds is 1. The predicted octanol–water partition coefficient (Wildman–Crippen LogP) is 8.44. The highest BCUT2D eigenvalue weighted by Crippen LogP contribution is 2.44. The number of thioether (sulfide) groups is 2. The number of carbonyl (C=O) groups is 1. The molecule has 0 saturated heterocycles. The van der Waals surface area contributed by atoms with E-state index in [4.69, 9.17) is 38.1 Å². The molecule has 0 atom stereocenters. The summed E-state index contributed by atoms with van der Waals surface area (Å²) in [6.07, 6.45) is 2.49. The van der Waals surface area contributed by atoms with E-state index in [1.807, 2.05) is 43.2 Å². The van der Waals surface area contributed by atoms with Gasteiger partial charge in [0.25, 0.3) is 0 Å². The van der Waals surface area contributed by atoms with Gasteiger partial charge in [0.15, 0.2) is 0 Å². The molecule has 8 bridgehead atoms. The number of carboxylic acid groups (broad SMARTS) is 1. The van der Waals surface area contributed by atoms with Crippen LogP contribution in [0, 0.1) is 0 Å². The summed E-state index contributed by atoms with van der Waals surface area (Å²) in [5.41, 5.74) is 5.23. The van der Waals surface area contributed by atoms with Crippen molar-refractivity contribution < 1.29 is 14.6 Å². The molecule has 4 heterocycles. The van der Waals surface area contributed by atoms with Crippen LogP contribution >= 0.6 is 46.7 Å². The molecule has 0 fully saturated rings. The van der Waals surface area contributed by atoms with E-state index in [1.165, 1.54) is 0 Å². The highest BCUT2D eigenvalue weighted by Gasteiger charge is 2.27. The molecule has 0 unspecified atom stereocenters. The molecule has 0 spiro atoms. The van der Waals surface area contributed by atoms with E-state index in [0.717, 1.165) is 49.8 Å². The normalized spacial score (nSPS) is 14.3. The van der Waals surface area contributed by atoms with Gasteiger partial charge in [-0.2, -0.15) is 10.2 Å². The van der Waals surface area contributed by atoms with E-state index in [0.29, 0.717) is 52.6 Å². The number of carboxylic acids is 1. The van der Waals surface area contributed by atoms with Crippen LogP contribution in [0.5, 0.6) is 5.75 Å². The summed E-state index contributed by atoms with van der Waals surface area (Å²) in [7, 11) is 3.85. The SMILES string of the molecule is Cn1cc2c(n1)CSCc1cc(n(C)n1)CSc1cc(c3ccccc3c1)OCCCn1c(C(=O)O)c(Cl)c3c-2c(Cl)ccc31. The van der Waals surface area contributed by atoms with Crippen LogP contribution in [0.15, 0.2) is 65.7 Å². The molecular formula is C33H29Cl2N5O3S2. The Hall–Kier alpha value is -3.57. The van der Waals surface area contributed by atoms with Gasteiger partial charge in [-0.05, 0) is 42.1 Å². The first kappa shape index (κ1) is 30.1. The molecule has 0 aliphatic carbocycles. The molecule has 12 heteroatoms. The molecule has 0 saturated carbocycles. The standard InChI is InChI=1S/C33H29Cl2N5O3S2/c1-38-15-24-26(37-38)18-44-16-20-13-21(39(2)36-20)17-45-22-12-19-6-3-4-7-23(19)28(14-22)43-11-5-10-40-27-9-8-25(34)29(24)30(27)31(35)32(40)33(41)42/h3-4,6-9,12-15H,5,10-11,16-18H2,1-2H3,(H,41,42). The molecule has 3 aromatic carbocycles. The minimum atomic E-state index is -1.10. The van der Waals surface area contributed by atoms with Gasteiger partial charge in [0.05, 0.1) is 28.5 Å². The van der Waals surface area contributed by atoms with E-state index >= 15 is 0 Å². The van der Waals surface area contributed by atoms with Crippen molar-refractivity contribution in [1.29, 1.82) is 0 Å². The molecule has 45 heavy (non-hydrogen) atoms. The summed E-state index contributed by atoms with van der Waals surface area (Å²) in [6, 6.07) is 18.3.